The Balaban J connectivity index is 2.04. The number of hydrogen-bond donors (Lipinski definition) is 2. The molecule has 1 aliphatic rings. The second kappa shape index (κ2) is 11.0. The molecule has 0 aromatic carbocycles. The number of anilines is 1. The summed E-state index contributed by atoms with van der Waals surface area (Å²) in [4.78, 5) is 13.6. The second-order valence-electron chi connectivity index (χ2n) is 15.6. The molecule has 1 aliphatic heterocycles. The zero-order valence-corrected chi connectivity index (χ0v) is 31.5. The number of hydrogen-bond acceptors (Lipinski definition) is 8. The highest BCUT2D eigenvalue weighted by atomic mass is 79.9. The third-order valence-corrected chi connectivity index (χ3v) is 22.8. The third-order valence-electron chi connectivity index (χ3n) is 9.56. The number of ether oxygens (including phenoxy) is 2. The van der Waals surface area contributed by atoms with Crippen molar-refractivity contribution in [1.29, 1.82) is 0 Å². The molecule has 0 unspecified atom stereocenters. The minimum absolute atomic E-state index is 0.0456. The second-order valence-corrected chi connectivity index (χ2v) is 32.4. The average Bonchev–Trinajstić information content (AvgIpc) is 3.26. The SMILES string of the molecule is CC(C)(C)[Si](C)(C)OC[C@H]1O[C@@H](n2c(Br)nc3c(OCC[Si](C)(C)C)nc(N)nc32)C[C@@]1(O)[Si](C)(C)C(C)(C)C. The monoisotopic (exact) mass is 673 g/mol. The van der Waals surface area contributed by atoms with E-state index in [2.05, 4.69) is 113 Å². The Morgan fingerprint density at radius 3 is 2.15 bits per heavy atom. The highest BCUT2D eigenvalue weighted by molar-refractivity contribution is 9.10. The number of halogens is 1. The van der Waals surface area contributed by atoms with Crippen LogP contribution in [0.5, 0.6) is 5.88 Å². The van der Waals surface area contributed by atoms with E-state index >= 15 is 0 Å². The molecule has 9 nitrogen and oxygen atoms in total. The summed E-state index contributed by atoms with van der Waals surface area (Å²) in [5.74, 6) is 0.482. The topological polar surface area (TPSA) is 118 Å². The Labute approximate surface area is 252 Å². The van der Waals surface area contributed by atoms with Gasteiger partial charge in [-0.2, -0.15) is 9.97 Å². The summed E-state index contributed by atoms with van der Waals surface area (Å²) in [5.41, 5.74) is 7.20. The molecule has 13 heteroatoms. The zero-order valence-electron chi connectivity index (χ0n) is 26.9. The van der Waals surface area contributed by atoms with Gasteiger partial charge in [-0.25, -0.2) is 4.98 Å². The molecule has 0 amide bonds. The van der Waals surface area contributed by atoms with E-state index in [0.29, 0.717) is 41.4 Å². The maximum Gasteiger partial charge on any atom is 0.247 e. The number of aromatic nitrogens is 4. The number of nitrogen functional groups attached to an aromatic ring is 1. The molecule has 1 fully saturated rings. The van der Waals surface area contributed by atoms with Crippen LogP contribution in [0.3, 0.4) is 0 Å². The van der Waals surface area contributed by atoms with E-state index in [0.717, 1.165) is 6.04 Å². The van der Waals surface area contributed by atoms with Crippen LogP contribution in [0.25, 0.3) is 11.2 Å². The highest BCUT2D eigenvalue weighted by Gasteiger charge is 2.62. The largest absolute Gasteiger partial charge is 0.476 e. The van der Waals surface area contributed by atoms with Crippen LogP contribution in [0.4, 0.5) is 5.95 Å². The summed E-state index contributed by atoms with van der Waals surface area (Å²) in [6, 6.07) is 0.988. The average molecular weight is 675 g/mol. The molecule has 0 radical (unpaired) electrons. The Morgan fingerprint density at radius 2 is 1.62 bits per heavy atom. The smallest absolute Gasteiger partial charge is 0.247 e. The number of nitrogens with two attached hydrogens (primary N) is 1. The first kappa shape index (κ1) is 33.7. The summed E-state index contributed by atoms with van der Waals surface area (Å²) in [6.45, 7) is 30.1. The lowest BCUT2D eigenvalue weighted by molar-refractivity contribution is -0.0554. The molecule has 0 bridgehead atoms. The van der Waals surface area contributed by atoms with Gasteiger partial charge in [0, 0.05) is 14.5 Å². The summed E-state index contributed by atoms with van der Waals surface area (Å²) >= 11 is 3.64. The van der Waals surface area contributed by atoms with Crippen molar-refractivity contribution in [3.05, 3.63) is 4.73 Å². The van der Waals surface area contributed by atoms with Gasteiger partial charge >= 0.3 is 0 Å². The molecule has 0 saturated carbocycles. The number of nitrogens with zero attached hydrogens (tertiary/aromatic N) is 4. The molecule has 2 aromatic rings. The van der Waals surface area contributed by atoms with Gasteiger partial charge in [0.25, 0.3) is 0 Å². The van der Waals surface area contributed by atoms with Gasteiger partial charge in [0.15, 0.2) is 24.2 Å². The molecule has 0 spiro atoms. The fraction of sp³-hybridized carbons (Fsp3) is 0.815. The van der Waals surface area contributed by atoms with Crippen molar-refractivity contribution in [2.45, 2.75) is 127 Å². The first-order chi connectivity index (χ1) is 17.9. The van der Waals surface area contributed by atoms with E-state index in [1.54, 1.807) is 0 Å². The van der Waals surface area contributed by atoms with Crippen LogP contribution in [0.2, 0.25) is 61.9 Å². The molecular formula is C27H52BrN5O4Si3. The lowest BCUT2D eigenvalue weighted by Crippen LogP contribution is -2.65. The van der Waals surface area contributed by atoms with Crippen molar-refractivity contribution in [1.82, 2.24) is 19.5 Å². The van der Waals surface area contributed by atoms with E-state index in [1.807, 2.05) is 4.57 Å². The van der Waals surface area contributed by atoms with Gasteiger partial charge in [-0.1, -0.05) is 74.3 Å². The molecule has 0 aliphatic carbocycles. The zero-order chi connectivity index (χ0) is 30.7. The lowest BCUT2D eigenvalue weighted by Gasteiger charge is -2.49. The lowest BCUT2D eigenvalue weighted by atomic mass is 10.1. The summed E-state index contributed by atoms with van der Waals surface area (Å²) in [5, 5.41) is 11.5. The van der Waals surface area contributed by atoms with E-state index < -0.39 is 42.0 Å². The van der Waals surface area contributed by atoms with Crippen LogP contribution in [0.1, 0.15) is 54.2 Å². The standard InChI is InChI=1S/C27H52BrN5O4Si3/c1-25(2,3)39(10,11)27(34)16-19(37-18(27)17-36-40(12,13)26(4,5)6)33-21-20(30-23(33)28)22(32-24(29)31-21)35-14-15-38(7,8)9/h18-19,34H,14-17H2,1-13H3,(H2,29,31,32)/t18-,19-,27-/m1/s1. The van der Waals surface area contributed by atoms with Crippen LogP contribution in [-0.4, -0.2) is 73.6 Å². The van der Waals surface area contributed by atoms with Crippen LogP contribution in [0, 0.1) is 0 Å². The van der Waals surface area contributed by atoms with Crippen LogP contribution in [-0.2, 0) is 9.16 Å². The Morgan fingerprint density at radius 1 is 1.02 bits per heavy atom. The summed E-state index contributed by atoms with van der Waals surface area (Å²) < 4.78 is 21.9. The minimum atomic E-state index is -2.36. The Kier molecular flexibility index (Phi) is 9.27. The number of aliphatic hydroxyl groups is 1. The molecule has 228 valence electrons. The van der Waals surface area contributed by atoms with Crippen LogP contribution < -0.4 is 10.5 Å². The molecule has 2 aromatic heterocycles. The fourth-order valence-corrected chi connectivity index (χ4v) is 9.86. The molecule has 3 rings (SSSR count). The minimum Gasteiger partial charge on any atom is -0.476 e. The van der Waals surface area contributed by atoms with Crippen molar-refractivity contribution >= 4 is 57.5 Å². The maximum absolute atomic E-state index is 12.6. The molecular weight excluding hydrogens is 622 g/mol. The van der Waals surface area contributed by atoms with E-state index in [9.17, 15) is 5.11 Å². The molecule has 3 N–H and O–H groups in total. The summed E-state index contributed by atoms with van der Waals surface area (Å²) in [6.07, 6.45) is -0.617. The Hall–Kier alpha value is -0.839. The number of fused-ring (bicyclic) bond motifs is 1. The molecule has 1 saturated heterocycles. The Bertz CT molecular complexity index is 1220. The van der Waals surface area contributed by atoms with Gasteiger partial charge in [0.05, 0.1) is 26.5 Å². The first-order valence-electron chi connectivity index (χ1n) is 14.3. The van der Waals surface area contributed by atoms with Crippen molar-refractivity contribution in [2.24, 2.45) is 0 Å². The quantitative estimate of drug-likeness (QED) is 0.216. The van der Waals surface area contributed by atoms with E-state index in [1.165, 1.54) is 0 Å². The van der Waals surface area contributed by atoms with Gasteiger partial charge in [-0.05, 0) is 45.1 Å². The van der Waals surface area contributed by atoms with Crippen molar-refractivity contribution in [3.8, 4) is 5.88 Å². The highest BCUT2D eigenvalue weighted by Crippen LogP contribution is 2.52. The summed E-state index contributed by atoms with van der Waals surface area (Å²) in [7, 11) is -5.74. The predicted octanol–water partition coefficient (Wildman–Crippen LogP) is 6.98. The third kappa shape index (κ3) is 6.55. The first-order valence-corrected chi connectivity index (χ1v) is 24.7. The van der Waals surface area contributed by atoms with Gasteiger partial charge in [0.1, 0.15) is 12.3 Å². The normalized spacial score (nSPS) is 23.3. The van der Waals surface area contributed by atoms with Crippen LogP contribution >= 0.6 is 15.9 Å². The van der Waals surface area contributed by atoms with Gasteiger partial charge in [-0.15, -0.1) is 0 Å². The van der Waals surface area contributed by atoms with E-state index in [4.69, 9.17) is 24.6 Å². The van der Waals surface area contributed by atoms with Crippen molar-refractivity contribution in [2.75, 3.05) is 18.9 Å². The van der Waals surface area contributed by atoms with Crippen molar-refractivity contribution in [3.63, 3.8) is 0 Å². The molecule has 3 heterocycles. The number of imidazole rings is 1. The van der Waals surface area contributed by atoms with Crippen molar-refractivity contribution < 1.29 is 19.0 Å². The fourth-order valence-electron chi connectivity index (χ4n) is 4.63. The van der Waals surface area contributed by atoms with E-state index in [-0.39, 0.29) is 16.0 Å². The van der Waals surface area contributed by atoms with Gasteiger partial charge < -0.3 is 24.7 Å². The predicted molar refractivity (Wildman–Crippen MR) is 175 cm³/mol. The van der Waals surface area contributed by atoms with Crippen LogP contribution in [0.15, 0.2) is 4.73 Å². The number of rotatable bonds is 9. The van der Waals surface area contributed by atoms with Gasteiger partial charge in [-0.3, -0.25) is 4.57 Å². The maximum atomic E-state index is 12.6. The molecule has 3 atom stereocenters. The van der Waals surface area contributed by atoms with Gasteiger partial charge in [0.2, 0.25) is 11.8 Å². The molecule has 40 heavy (non-hydrogen) atoms.